The number of benzene rings is 1. The third-order valence-electron chi connectivity index (χ3n) is 2.63. The number of aromatic nitrogens is 1. The molecule has 0 bridgehead atoms. The van der Waals surface area contributed by atoms with Crippen LogP contribution in [0.1, 0.15) is 16.1 Å². The number of halogens is 3. The number of pyridine rings is 1. The van der Waals surface area contributed by atoms with Crippen LogP contribution in [0.2, 0.25) is 5.15 Å². The number of carbonyl (C=O) groups excluding carboxylic acids is 1. The maximum atomic E-state index is 13.2. The first kappa shape index (κ1) is 14.7. The summed E-state index contributed by atoms with van der Waals surface area (Å²) in [5.74, 6) is -1.01. The third kappa shape index (κ3) is 3.08. The Morgan fingerprint density at radius 3 is 2.80 bits per heavy atom. The van der Waals surface area contributed by atoms with Crippen LogP contribution in [0.5, 0.6) is 0 Å². The van der Waals surface area contributed by atoms with Crippen molar-refractivity contribution in [3.05, 3.63) is 51.0 Å². The lowest BCUT2D eigenvalue weighted by molar-refractivity contribution is 0.102. The van der Waals surface area contributed by atoms with E-state index in [1.165, 1.54) is 6.07 Å². The highest BCUT2D eigenvalue weighted by Gasteiger charge is 2.14. The molecule has 0 atom stereocenters. The number of nitrogens with two attached hydrogens (primary N) is 1. The first-order valence-electron chi connectivity index (χ1n) is 5.57. The summed E-state index contributed by atoms with van der Waals surface area (Å²) in [7, 11) is 0. The third-order valence-corrected chi connectivity index (χ3v) is 3.50. The molecule has 2 aromatic rings. The predicted octanol–water partition coefficient (Wildman–Crippen LogP) is 3.78. The number of nitrogens with one attached hydrogen (secondary N) is 1. The molecular weight excluding hydrogens is 349 g/mol. The molecule has 0 unspecified atom stereocenters. The van der Waals surface area contributed by atoms with Crippen LogP contribution in [0.15, 0.2) is 28.7 Å². The summed E-state index contributed by atoms with van der Waals surface area (Å²) in [6.07, 6.45) is 0. The monoisotopic (exact) mass is 357 g/mol. The molecule has 3 N–H and O–H groups in total. The fraction of sp³-hybridized carbons (Fsp3) is 0.0769. The molecule has 4 nitrogen and oxygen atoms in total. The minimum atomic E-state index is -0.585. The van der Waals surface area contributed by atoms with Crippen molar-refractivity contribution in [2.24, 2.45) is 0 Å². The van der Waals surface area contributed by atoms with Crippen molar-refractivity contribution in [2.75, 3.05) is 11.1 Å². The van der Waals surface area contributed by atoms with Crippen LogP contribution >= 0.6 is 27.5 Å². The maximum Gasteiger partial charge on any atom is 0.256 e. The molecule has 1 heterocycles. The zero-order valence-electron chi connectivity index (χ0n) is 10.4. The van der Waals surface area contributed by atoms with Gasteiger partial charge in [-0.1, -0.05) is 11.6 Å². The van der Waals surface area contributed by atoms with Gasteiger partial charge in [-0.25, -0.2) is 9.37 Å². The van der Waals surface area contributed by atoms with E-state index in [9.17, 15) is 9.18 Å². The zero-order valence-corrected chi connectivity index (χ0v) is 12.7. The number of hydrogen-bond acceptors (Lipinski definition) is 3. The molecular formula is C13H10BrClFN3O. The average molecular weight is 359 g/mol. The van der Waals surface area contributed by atoms with Crippen molar-refractivity contribution in [3.8, 4) is 0 Å². The molecule has 0 fully saturated rings. The summed E-state index contributed by atoms with van der Waals surface area (Å²) in [5.41, 5.74) is 6.71. The Labute approximate surface area is 128 Å². The van der Waals surface area contributed by atoms with Crippen LogP contribution in [0.25, 0.3) is 0 Å². The Morgan fingerprint density at radius 2 is 2.15 bits per heavy atom. The summed E-state index contributed by atoms with van der Waals surface area (Å²) < 4.78 is 13.6. The number of anilines is 2. The van der Waals surface area contributed by atoms with Gasteiger partial charge in [0.2, 0.25) is 0 Å². The highest BCUT2D eigenvalue weighted by molar-refractivity contribution is 9.10. The molecule has 7 heteroatoms. The van der Waals surface area contributed by atoms with Gasteiger partial charge in [-0.3, -0.25) is 4.79 Å². The van der Waals surface area contributed by atoms with E-state index in [4.69, 9.17) is 17.3 Å². The van der Waals surface area contributed by atoms with Gasteiger partial charge in [0, 0.05) is 4.47 Å². The van der Waals surface area contributed by atoms with E-state index in [1.54, 1.807) is 19.1 Å². The predicted molar refractivity (Wildman–Crippen MR) is 80.4 cm³/mol. The molecule has 0 aliphatic rings. The lowest BCUT2D eigenvalue weighted by Crippen LogP contribution is -2.14. The second kappa shape index (κ2) is 5.76. The summed E-state index contributed by atoms with van der Waals surface area (Å²) in [6.45, 7) is 1.72. The molecule has 104 valence electrons. The number of hydrogen-bond donors (Lipinski definition) is 2. The standard InChI is InChI=1S/C13H10BrClFN3O/c1-6-11(2-3-12(15)18-6)19-13(20)7-4-10(17)9(16)5-8(7)14/h2-5H,17H2,1H3,(H,19,20). The summed E-state index contributed by atoms with van der Waals surface area (Å²) in [6, 6.07) is 5.63. The van der Waals surface area contributed by atoms with Crippen molar-refractivity contribution in [1.29, 1.82) is 0 Å². The molecule has 2 rings (SSSR count). The fourth-order valence-corrected chi connectivity index (χ4v) is 2.28. The Kier molecular flexibility index (Phi) is 4.25. The number of amides is 1. The molecule has 0 radical (unpaired) electrons. The molecule has 0 saturated heterocycles. The van der Waals surface area contributed by atoms with Crippen molar-refractivity contribution < 1.29 is 9.18 Å². The van der Waals surface area contributed by atoms with E-state index >= 15 is 0 Å². The van der Waals surface area contributed by atoms with Gasteiger partial charge in [0.05, 0.1) is 22.6 Å². The first-order valence-corrected chi connectivity index (χ1v) is 6.74. The van der Waals surface area contributed by atoms with Crippen LogP contribution in [0, 0.1) is 12.7 Å². The van der Waals surface area contributed by atoms with Gasteiger partial charge in [0.15, 0.2) is 0 Å². The molecule has 0 spiro atoms. The largest absolute Gasteiger partial charge is 0.396 e. The van der Waals surface area contributed by atoms with Gasteiger partial charge in [-0.15, -0.1) is 0 Å². The molecule has 20 heavy (non-hydrogen) atoms. The lowest BCUT2D eigenvalue weighted by Gasteiger charge is -2.10. The van der Waals surface area contributed by atoms with E-state index in [0.717, 1.165) is 6.07 Å². The van der Waals surface area contributed by atoms with Crippen LogP contribution < -0.4 is 11.1 Å². The minimum Gasteiger partial charge on any atom is -0.396 e. The van der Waals surface area contributed by atoms with E-state index in [-0.39, 0.29) is 11.3 Å². The first-order chi connectivity index (χ1) is 9.38. The number of nitrogen functional groups attached to an aromatic ring is 1. The smallest absolute Gasteiger partial charge is 0.256 e. The van der Waals surface area contributed by atoms with Gasteiger partial charge in [-0.05, 0) is 47.1 Å². The van der Waals surface area contributed by atoms with Crippen LogP contribution in [-0.4, -0.2) is 10.9 Å². The van der Waals surface area contributed by atoms with Crippen molar-refractivity contribution in [3.63, 3.8) is 0 Å². The Bertz CT molecular complexity index is 694. The second-order valence-electron chi connectivity index (χ2n) is 4.07. The van der Waals surface area contributed by atoms with Gasteiger partial charge in [-0.2, -0.15) is 0 Å². The molecule has 1 aromatic carbocycles. The van der Waals surface area contributed by atoms with Crippen LogP contribution in [0.3, 0.4) is 0 Å². The second-order valence-corrected chi connectivity index (χ2v) is 5.32. The Hall–Kier alpha value is -1.66. The average Bonchev–Trinajstić information content (AvgIpc) is 2.37. The maximum absolute atomic E-state index is 13.2. The molecule has 0 aliphatic carbocycles. The normalized spacial score (nSPS) is 10.4. The topological polar surface area (TPSA) is 68.0 Å². The lowest BCUT2D eigenvalue weighted by atomic mass is 10.1. The van der Waals surface area contributed by atoms with E-state index in [2.05, 4.69) is 26.2 Å². The summed E-state index contributed by atoms with van der Waals surface area (Å²) in [4.78, 5) is 16.2. The number of aryl methyl sites for hydroxylation is 1. The number of rotatable bonds is 2. The zero-order chi connectivity index (χ0) is 14.9. The molecule has 1 aromatic heterocycles. The fourth-order valence-electron chi connectivity index (χ4n) is 1.59. The highest BCUT2D eigenvalue weighted by Crippen LogP contribution is 2.24. The quantitative estimate of drug-likeness (QED) is 0.634. The van der Waals surface area contributed by atoms with E-state index in [1.807, 2.05) is 0 Å². The van der Waals surface area contributed by atoms with Gasteiger partial charge in [0.25, 0.3) is 5.91 Å². The summed E-state index contributed by atoms with van der Waals surface area (Å²) >= 11 is 8.88. The van der Waals surface area contributed by atoms with Crippen molar-refractivity contribution >= 4 is 44.8 Å². The van der Waals surface area contributed by atoms with Crippen molar-refractivity contribution in [1.82, 2.24) is 4.98 Å². The van der Waals surface area contributed by atoms with Gasteiger partial charge >= 0.3 is 0 Å². The SMILES string of the molecule is Cc1nc(Cl)ccc1NC(=O)c1cc(N)c(F)cc1Br. The van der Waals surface area contributed by atoms with Gasteiger partial charge in [0.1, 0.15) is 11.0 Å². The van der Waals surface area contributed by atoms with Crippen LogP contribution in [0.4, 0.5) is 15.8 Å². The Balaban J connectivity index is 2.31. The number of carbonyl (C=O) groups is 1. The highest BCUT2D eigenvalue weighted by atomic mass is 79.9. The molecule has 1 amide bonds. The van der Waals surface area contributed by atoms with E-state index < -0.39 is 11.7 Å². The minimum absolute atomic E-state index is 0.0932. The van der Waals surface area contributed by atoms with E-state index in [0.29, 0.717) is 21.0 Å². The summed E-state index contributed by atoms with van der Waals surface area (Å²) in [5, 5.41) is 3.01. The number of nitrogens with zero attached hydrogens (tertiary/aromatic N) is 1. The van der Waals surface area contributed by atoms with Gasteiger partial charge < -0.3 is 11.1 Å². The molecule has 0 aliphatic heterocycles. The molecule has 0 saturated carbocycles. The Morgan fingerprint density at radius 1 is 1.45 bits per heavy atom. The van der Waals surface area contributed by atoms with Crippen molar-refractivity contribution in [2.45, 2.75) is 6.92 Å². The van der Waals surface area contributed by atoms with Crippen LogP contribution in [-0.2, 0) is 0 Å².